The van der Waals surface area contributed by atoms with Gasteiger partial charge >= 0.3 is 0 Å². The molecule has 0 bridgehead atoms. The lowest BCUT2D eigenvalue weighted by atomic mass is 9.98. The fourth-order valence-electron chi connectivity index (χ4n) is 1.83. The minimum atomic E-state index is 0.958. The summed E-state index contributed by atoms with van der Waals surface area (Å²) in [6.07, 6.45) is 2.06. The van der Waals surface area contributed by atoms with E-state index in [0.717, 1.165) is 28.0 Å². The van der Waals surface area contributed by atoms with E-state index in [1.165, 1.54) is 5.56 Å². The van der Waals surface area contributed by atoms with Gasteiger partial charge in [-0.05, 0) is 44.1 Å². The SMILES string of the molecule is C=C(C)C(=CC(=NC)c1cccc(C)c1)C(=C)C. The van der Waals surface area contributed by atoms with Gasteiger partial charge < -0.3 is 0 Å². The summed E-state index contributed by atoms with van der Waals surface area (Å²) in [5, 5.41) is 0. The van der Waals surface area contributed by atoms with Crippen molar-refractivity contribution >= 4 is 5.71 Å². The van der Waals surface area contributed by atoms with Crippen LogP contribution < -0.4 is 0 Å². The van der Waals surface area contributed by atoms with Gasteiger partial charge in [0, 0.05) is 7.05 Å². The van der Waals surface area contributed by atoms with Crippen LogP contribution in [0.3, 0.4) is 0 Å². The molecule has 0 fully saturated rings. The Morgan fingerprint density at radius 3 is 2.22 bits per heavy atom. The van der Waals surface area contributed by atoms with E-state index in [1.54, 1.807) is 0 Å². The van der Waals surface area contributed by atoms with Crippen LogP contribution in [0.2, 0.25) is 0 Å². The van der Waals surface area contributed by atoms with E-state index >= 15 is 0 Å². The molecule has 1 heteroatoms. The van der Waals surface area contributed by atoms with Gasteiger partial charge in [0.1, 0.15) is 0 Å². The van der Waals surface area contributed by atoms with Gasteiger partial charge in [-0.2, -0.15) is 0 Å². The zero-order chi connectivity index (χ0) is 13.7. The summed E-state index contributed by atoms with van der Waals surface area (Å²) in [7, 11) is 1.81. The highest BCUT2D eigenvalue weighted by molar-refractivity contribution is 6.09. The number of hydrogen-bond acceptors (Lipinski definition) is 1. The molecule has 0 N–H and O–H groups in total. The van der Waals surface area contributed by atoms with Gasteiger partial charge in [-0.15, -0.1) is 0 Å². The Labute approximate surface area is 110 Å². The number of aliphatic imine (C=N–C) groups is 1. The molecule has 0 saturated heterocycles. The van der Waals surface area contributed by atoms with Crippen molar-refractivity contribution in [3.05, 3.63) is 71.3 Å². The third kappa shape index (κ3) is 3.56. The number of rotatable bonds is 4. The maximum Gasteiger partial charge on any atom is 0.0649 e. The third-order valence-corrected chi connectivity index (χ3v) is 2.76. The number of benzene rings is 1. The Morgan fingerprint density at radius 1 is 1.17 bits per heavy atom. The Balaban J connectivity index is 3.24. The second-order valence-corrected chi connectivity index (χ2v) is 4.60. The number of hydrogen-bond donors (Lipinski definition) is 0. The molecule has 18 heavy (non-hydrogen) atoms. The highest BCUT2D eigenvalue weighted by Gasteiger charge is 2.04. The van der Waals surface area contributed by atoms with Crippen molar-refractivity contribution in [1.29, 1.82) is 0 Å². The lowest BCUT2D eigenvalue weighted by Crippen LogP contribution is -2.00. The highest BCUT2D eigenvalue weighted by Crippen LogP contribution is 2.17. The second kappa shape index (κ2) is 6.15. The summed E-state index contributed by atoms with van der Waals surface area (Å²) >= 11 is 0. The molecule has 0 spiro atoms. The third-order valence-electron chi connectivity index (χ3n) is 2.76. The minimum Gasteiger partial charge on any atom is -0.288 e. The smallest absolute Gasteiger partial charge is 0.0649 e. The fourth-order valence-corrected chi connectivity index (χ4v) is 1.83. The van der Waals surface area contributed by atoms with Crippen LogP contribution in [-0.2, 0) is 0 Å². The molecule has 0 aliphatic heterocycles. The van der Waals surface area contributed by atoms with E-state index in [4.69, 9.17) is 0 Å². The van der Waals surface area contributed by atoms with Gasteiger partial charge in [0.2, 0.25) is 0 Å². The average molecular weight is 239 g/mol. The number of nitrogens with zero attached hydrogens (tertiary/aromatic N) is 1. The Kier molecular flexibility index (Phi) is 4.85. The number of aryl methyl sites for hydroxylation is 1. The van der Waals surface area contributed by atoms with Crippen LogP contribution in [0.25, 0.3) is 0 Å². The molecule has 0 aliphatic carbocycles. The van der Waals surface area contributed by atoms with Crippen LogP contribution in [0.5, 0.6) is 0 Å². The van der Waals surface area contributed by atoms with Gasteiger partial charge in [-0.3, -0.25) is 4.99 Å². The maximum atomic E-state index is 4.36. The summed E-state index contributed by atoms with van der Waals surface area (Å²) in [5.41, 5.74) is 6.40. The summed E-state index contributed by atoms with van der Waals surface area (Å²) in [4.78, 5) is 4.36. The molecule has 0 atom stereocenters. The summed E-state index contributed by atoms with van der Waals surface area (Å²) in [6.45, 7) is 14.0. The molecule has 0 heterocycles. The van der Waals surface area contributed by atoms with Crippen molar-refractivity contribution in [2.24, 2.45) is 4.99 Å². The van der Waals surface area contributed by atoms with E-state index < -0.39 is 0 Å². The average Bonchev–Trinajstić information content (AvgIpc) is 2.29. The molecule has 0 radical (unpaired) electrons. The molecule has 1 nitrogen and oxygen atoms in total. The zero-order valence-corrected chi connectivity index (χ0v) is 11.7. The normalized spacial score (nSPS) is 11.0. The Bertz CT molecular complexity index is 514. The molecule has 1 rings (SSSR count). The predicted octanol–water partition coefficient (Wildman–Crippen LogP) is 4.49. The van der Waals surface area contributed by atoms with Crippen LogP contribution in [0, 0.1) is 6.92 Å². The molecule has 0 aliphatic rings. The first-order valence-electron chi connectivity index (χ1n) is 6.03. The molecule has 1 aromatic carbocycles. The Morgan fingerprint density at radius 2 is 1.78 bits per heavy atom. The van der Waals surface area contributed by atoms with Crippen molar-refractivity contribution in [3.8, 4) is 0 Å². The van der Waals surface area contributed by atoms with Gasteiger partial charge in [0.05, 0.1) is 5.71 Å². The van der Waals surface area contributed by atoms with Crippen LogP contribution in [0.4, 0.5) is 0 Å². The van der Waals surface area contributed by atoms with E-state index in [2.05, 4.69) is 49.3 Å². The van der Waals surface area contributed by atoms with Crippen molar-refractivity contribution < 1.29 is 0 Å². The van der Waals surface area contributed by atoms with E-state index in [-0.39, 0.29) is 0 Å². The van der Waals surface area contributed by atoms with Crippen LogP contribution in [-0.4, -0.2) is 12.8 Å². The van der Waals surface area contributed by atoms with Crippen molar-refractivity contribution in [3.63, 3.8) is 0 Å². The van der Waals surface area contributed by atoms with Gasteiger partial charge in [-0.25, -0.2) is 0 Å². The summed E-state index contributed by atoms with van der Waals surface area (Å²) in [5.74, 6) is 0. The molecule has 0 aromatic heterocycles. The lowest BCUT2D eigenvalue weighted by Gasteiger charge is -2.09. The first kappa shape index (κ1) is 14.2. The highest BCUT2D eigenvalue weighted by atomic mass is 14.7. The minimum absolute atomic E-state index is 0.958. The number of allylic oxidation sites excluding steroid dienone is 4. The van der Waals surface area contributed by atoms with Crippen molar-refractivity contribution in [1.82, 2.24) is 0 Å². The fraction of sp³-hybridized carbons (Fsp3) is 0.235. The maximum absolute atomic E-state index is 4.36. The molecule has 0 amide bonds. The van der Waals surface area contributed by atoms with E-state index in [0.29, 0.717) is 0 Å². The zero-order valence-electron chi connectivity index (χ0n) is 11.7. The standard InChI is InChI=1S/C17H21N/c1-12(2)16(13(3)4)11-17(18-6)15-9-7-8-14(5)10-15/h7-11H,1,3H2,2,4-6H3. The predicted molar refractivity (Wildman–Crippen MR) is 81.4 cm³/mol. The monoisotopic (exact) mass is 239 g/mol. The quantitative estimate of drug-likeness (QED) is 0.542. The van der Waals surface area contributed by atoms with Crippen LogP contribution in [0.1, 0.15) is 25.0 Å². The molecule has 1 aromatic rings. The van der Waals surface area contributed by atoms with Crippen molar-refractivity contribution in [2.45, 2.75) is 20.8 Å². The lowest BCUT2D eigenvalue weighted by molar-refractivity contribution is 1.34. The molecular formula is C17H21N. The molecular weight excluding hydrogens is 218 g/mol. The van der Waals surface area contributed by atoms with E-state index in [1.807, 2.05) is 27.0 Å². The molecule has 94 valence electrons. The van der Waals surface area contributed by atoms with Gasteiger partial charge in [0.15, 0.2) is 0 Å². The topological polar surface area (TPSA) is 12.4 Å². The second-order valence-electron chi connectivity index (χ2n) is 4.60. The first-order chi connectivity index (χ1) is 8.45. The van der Waals surface area contributed by atoms with Gasteiger partial charge in [-0.1, -0.05) is 48.1 Å². The summed E-state index contributed by atoms with van der Waals surface area (Å²) < 4.78 is 0. The molecule has 0 saturated carbocycles. The Hall–Kier alpha value is -1.89. The van der Waals surface area contributed by atoms with E-state index in [9.17, 15) is 0 Å². The van der Waals surface area contributed by atoms with Crippen LogP contribution >= 0.6 is 0 Å². The first-order valence-corrected chi connectivity index (χ1v) is 6.03. The largest absolute Gasteiger partial charge is 0.288 e. The summed E-state index contributed by atoms with van der Waals surface area (Å²) in [6, 6.07) is 8.33. The van der Waals surface area contributed by atoms with Gasteiger partial charge in [0.25, 0.3) is 0 Å². The van der Waals surface area contributed by atoms with Crippen LogP contribution in [0.15, 0.2) is 65.2 Å². The molecule has 0 unspecified atom stereocenters. The van der Waals surface area contributed by atoms with Crippen molar-refractivity contribution in [2.75, 3.05) is 7.05 Å².